The van der Waals surface area contributed by atoms with Crippen molar-refractivity contribution in [3.63, 3.8) is 0 Å². The van der Waals surface area contributed by atoms with Crippen LogP contribution in [-0.4, -0.2) is 24.1 Å². The van der Waals surface area contributed by atoms with Crippen LogP contribution in [0, 0.1) is 6.92 Å². The number of rotatable bonds is 3. The average molecular weight is 337 g/mol. The van der Waals surface area contributed by atoms with Crippen molar-refractivity contribution >= 4 is 40.1 Å². The molecule has 2 aromatic rings. The van der Waals surface area contributed by atoms with Crippen LogP contribution in [0.2, 0.25) is 5.02 Å². The molecule has 1 N–H and O–H groups in total. The molecule has 0 unspecified atom stereocenters. The van der Waals surface area contributed by atoms with Gasteiger partial charge in [0.15, 0.2) is 16.6 Å². The minimum atomic E-state index is -0.250. The first kappa shape index (κ1) is 14.9. The van der Waals surface area contributed by atoms with E-state index in [1.165, 1.54) is 17.4 Å². The molecule has 3 rings (SSSR count). The van der Waals surface area contributed by atoms with Gasteiger partial charge < -0.3 is 9.47 Å². The third-order valence-corrected chi connectivity index (χ3v) is 4.01. The first-order valence-electron chi connectivity index (χ1n) is 6.62. The van der Waals surface area contributed by atoms with Crippen LogP contribution in [0.15, 0.2) is 24.4 Å². The van der Waals surface area contributed by atoms with Crippen molar-refractivity contribution in [1.29, 1.82) is 0 Å². The highest BCUT2D eigenvalue weighted by Gasteiger charge is 2.15. The van der Waals surface area contributed by atoms with Gasteiger partial charge >= 0.3 is 0 Å². The molecule has 0 radical (unpaired) electrons. The van der Waals surface area contributed by atoms with Crippen molar-refractivity contribution < 1.29 is 14.3 Å². The molecule has 1 aliphatic rings. The van der Waals surface area contributed by atoms with Crippen LogP contribution in [0.4, 0.5) is 5.13 Å². The van der Waals surface area contributed by atoms with Gasteiger partial charge in [-0.3, -0.25) is 10.1 Å². The number of aryl methyl sites for hydroxylation is 1. The summed E-state index contributed by atoms with van der Waals surface area (Å²) in [7, 11) is 0. The van der Waals surface area contributed by atoms with E-state index >= 15 is 0 Å². The van der Waals surface area contributed by atoms with Gasteiger partial charge in [0.25, 0.3) is 0 Å². The van der Waals surface area contributed by atoms with Crippen molar-refractivity contribution in [3.05, 3.63) is 39.9 Å². The van der Waals surface area contributed by atoms with E-state index in [1.807, 2.05) is 6.92 Å². The molecule has 0 aliphatic carbocycles. The summed E-state index contributed by atoms with van der Waals surface area (Å²) in [5.74, 6) is 0.891. The zero-order valence-corrected chi connectivity index (χ0v) is 13.3. The topological polar surface area (TPSA) is 60.5 Å². The summed E-state index contributed by atoms with van der Waals surface area (Å²) < 4.78 is 10.9. The number of thiazole rings is 1. The third kappa shape index (κ3) is 3.40. The Balaban J connectivity index is 1.72. The highest BCUT2D eigenvalue weighted by Crippen LogP contribution is 2.38. The van der Waals surface area contributed by atoms with Crippen LogP contribution in [0.1, 0.15) is 10.4 Å². The van der Waals surface area contributed by atoms with Gasteiger partial charge in [0.1, 0.15) is 13.2 Å². The van der Waals surface area contributed by atoms with Crippen molar-refractivity contribution in [1.82, 2.24) is 4.98 Å². The molecule has 2 heterocycles. The molecular weight excluding hydrogens is 324 g/mol. The molecule has 1 aliphatic heterocycles. The Morgan fingerprint density at radius 1 is 1.41 bits per heavy atom. The van der Waals surface area contributed by atoms with E-state index in [-0.39, 0.29) is 5.91 Å². The number of halogens is 1. The van der Waals surface area contributed by atoms with E-state index in [9.17, 15) is 4.79 Å². The number of nitrogens with one attached hydrogen (secondary N) is 1. The molecular formula is C15H13ClN2O3S. The fraction of sp³-hybridized carbons (Fsp3) is 0.200. The minimum absolute atomic E-state index is 0.250. The largest absolute Gasteiger partial charge is 0.486 e. The van der Waals surface area contributed by atoms with E-state index in [1.54, 1.807) is 24.4 Å². The molecule has 1 aromatic heterocycles. The van der Waals surface area contributed by atoms with Crippen LogP contribution in [0.5, 0.6) is 11.5 Å². The summed E-state index contributed by atoms with van der Waals surface area (Å²) in [5, 5.41) is 3.74. The van der Waals surface area contributed by atoms with Crippen LogP contribution < -0.4 is 14.8 Å². The van der Waals surface area contributed by atoms with Gasteiger partial charge in [0.2, 0.25) is 5.91 Å². The van der Waals surface area contributed by atoms with Gasteiger partial charge in [-0.1, -0.05) is 11.6 Å². The molecule has 5 nitrogen and oxygen atoms in total. The number of amides is 1. The third-order valence-electron chi connectivity index (χ3n) is 2.90. The van der Waals surface area contributed by atoms with E-state index < -0.39 is 0 Å². The Bertz CT molecular complexity index is 742. The quantitative estimate of drug-likeness (QED) is 0.871. The average Bonchev–Trinajstić information content (AvgIpc) is 2.90. The summed E-state index contributed by atoms with van der Waals surface area (Å²) >= 11 is 7.57. The molecule has 0 saturated heterocycles. The predicted molar refractivity (Wildman–Crippen MR) is 87.0 cm³/mol. The van der Waals surface area contributed by atoms with Crippen LogP contribution in [-0.2, 0) is 4.79 Å². The number of anilines is 1. The normalized spacial score (nSPS) is 13.4. The molecule has 1 amide bonds. The smallest absolute Gasteiger partial charge is 0.250 e. The summed E-state index contributed by atoms with van der Waals surface area (Å²) in [5.41, 5.74) is 0.764. The van der Waals surface area contributed by atoms with Crippen LogP contribution in [0.3, 0.4) is 0 Å². The van der Waals surface area contributed by atoms with Gasteiger partial charge in [0, 0.05) is 17.2 Å². The maximum absolute atomic E-state index is 11.8. The first-order valence-corrected chi connectivity index (χ1v) is 7.82. The maximum Gasteiger partial charge on any atom is 0.250 e. The number of carbonyl (C=O) groups excluding carboxylic acids is 1. The minimum Gasteiger partial charge on any atom is -0.486 e. The molecule has 0 atom stereocenters. The highest BCUT2D eigenvalue weighted by molar-refractivity contribution is 7.15. The molecule has 22 heavy (non-hydrogen) atoms. The Labute approximate surface area is 136 Å². The maximum atomic E-state index is 11.8. The monoisotopic (exact) mass is 336 g/mol. The van der Waals surface area contributed by atoms with E-state index in [0.29, 0.717) is 34.9 Å². The molecule has 0 bridgehead atoms. The predicted octanol–water partition coefficient (Wildman–Crippen LogP) is 3.53. The zero-order chi connectivity index (χ0) is 15.5. The van der Waals surface area contributed by atoms with E-state index in [2.05, 4.69) is 10.3 Å². The Kier molecular flexibility index (Phi) is 4.31. The zero-order valence-electron chi connectivity index (χ0n) is 11.8. The molecule has 7 heteroatoms. The molecule has 1 aromatic carbocycles. The van der Waals surface area contributed by atoms with Crippen molar-refractivity contribution in [3.8, 4) is 11.5 Å². The Morgan fingerprint density at radius 3 is 3.00 bits per heavy atom. The van der Waals surface area contributed by atoms with E-state index in [4.69, 9.17) is 21.1 Å². The van der Waals surface area contributed by atoms with Gasteiger partial charge in [0.05, 0.1) is 5.02 Å². The van der Waals surface area contributed by atoms with Gasteiger partial charge in [-0.05, 0) is 30.7 Å². The fourth-order valence-corrected chi connectivity index (χ4v) is 2.90. The van der Waals surface area contributed by atoms with Crippen molar-refractivity contribution in [2.45, 2.75) is 6.92 Å². The van der Waals surface area contributed by atoms with Crippen molar-refractivity contribution in [2.24, 2.45) is 0 Å². The molecule has 114 valence electrons. The summed E-state index contributed by atoms with van der Waals surface area (Å²) in [4.78, 5) is 17.0. The number of aromatic nitrogens is 1. The summed E-state index contributed by atoms with van der Waals surface area (Å²) in [6.07, 6.45) is 4.81. The molecule has 0 fully saturated rings. The number of benzene rings is 1. The standard InChI is InChI=1S/C15H13ClN2O3S/c1-9-8-17-15(22-9)18-13(19)3-2-10-6-11(16)14-12(7-10)20-4-5-21-14/h2-3,6-8H,4-5H2,1H3,(H,17,18,19)/b3-2+. The summed E-state index contributed by atoms with van der Waals surface area (Å²) in [6.45, 7) is 2.90. The number of fused-ring (bicyclic) bond motifs is 1. The lowest BCUT2D eigenvalue weighted by atomic mass is 10.1. The number of hydrogen-bond donors (Lipinski definition) is 1. The lowest BCUT2D eigenvalue weighted by Gasteiger charge is -2.19. The van der Waals surface area contributed by atoms with Gasteiger partial charge in [-0.25, -0.2) is 4.98 Å². The molecule has 0 saturated carbocycles. The first-order chi connectivity index (χ1) is 10.6. The molecule has 0 spiro atoms. The Morgan fingerprint density at radius 2 is 2.23 bits per heavy atom. The van der Waals surface area contributed by atoms with Gasteiger partial charge in [-0.2, -0.15) is 0 Å². The number of nitrogens with zero attached hydrogens (tertiary/aromatic N) is 1. The Hall–Kier alpha value is -2.05. The van der Waals surface area contributed by atoms with Gasteiger partial charge in [-0.15, -0.1) is 11.3 Å². The lowest BCUT2D eigenvalue weighted by Crippen LogP contribution is -2.15. The number of hydrogen-bond acceptors (Lipinski definition) is 5. The van der Waals surface area contributed by atoms with Crippen molar-refractivity contribution in [2.75, 3.05) is 18.5 Å². The second kappa shape index (κ2) is 6.37. The second-order valence-electron chi connectivity index (χ2n) is 4.63. The SMILES string of the molecule is Cc1cnc(NC(=O)/C=C/c2cc(Cl)c3c(c2)OCCO3)s1. The lowest BCUT2D eigenvalue weighted by molar-refractivity contribution is -0.111. The van der Waals surface area contributed by atoms with Crippen LogP contribution in [0.25, 0.3) is 6.08 Å². The second-order valence-corrected chi connectivity index (χ2v) is 6.27. The number of ether oxygens (including phenoxy) is 2. The van der Waals surface area contributed by atoms with E-state index in [0.717, 1.165) is 10.4 Å². The highest BCUT2D eigenvalue weighted by atomic mass is 35.5. The number of carbonyl (C=O) groups is 1. The fourth-order valence-electron chi connectivity index (χ4n) is 1.96. The van der Waals surface area contributed by atoms with Crippen LogP contribution >= 0.6 is 22.9 Å². The summed E-state index contributed by atoms with van der Waals surface area (Å²) in [6, 6.07) is 3.52.